The second-order valence-corrected chi connectivity index (χ2v) is 11.0. The Labute approximate surface area is 257 Å². The smallest absolute Gasteiger partial charge is 0.326 e. The lowest BCUT2D eigenvalue weighted by atomic mass is 10.0. The maximum atomic E-state index is 13.6. The topological polar surface area (TPSA) is 218 Å². The van der Waals surface area contributed by atoms with Gasteiger partial charge in [-0.3, -0.25) is 14.4 Å². The van der Waals surface area contributed by atoms with Crippen molar-refractivity contribution in [1.29, 1.82) is 0 Å². The average molecular weight is 608 g/mol. The molecule has 0 aliphatic rings. The third kappa shape index (κ3) is 10.5. The van der Waals surface area contributed by atoms with Crippen LogP contribution in [0.2, 0.25) is 0 Å². The molecule has 1 heterocycles. The Morgan fingerprint density at radius 1 is 0.705 bits per heavy atom. The van der Waals surface area contributed by atoms with Crippen LogP contribution < -0.4 is 33.2 Å². The van der Waals surface area contributed by atoms with E-state index in [1.165, 1.54) is 0 Å². The predicted octanol–water partition coefficient (Wildman–Crippen LogP) is 1.08. The fourth-order valence-corrected chi connectivity index (χ4v) is 5.00. The number of H-pyrrole nitrogens is 1. The summed E-state index contributed by atoms with van der Waals surface area (Å²) in [6.07, 6.45) is 5.13. The van der Waals surface area contributed by atoms with E-state index in [0.717, 1.165) is 28.5 Å². The van der Waals surface area contributed by atoms with Gasteiger partial charge in [0.1, 0.15) is 18.1 Å². The number of carboxylic acids is 1. The Morgan fingerprint density at radius 2 is 1.30 bits per heavy atom. The number of carbonyl (C=O) groups is 4. The molecule has 3 amide bonds. The molecule has 0 bridgehead atoms. The Bertz CT molecular complexity index is 1360. The number of aromatic amines is 1. The summed E-state index contributed by atoms with van der Waals surface area (Å²) in [6, 6.07) is 12.5. The zero-order valence-corrected chi connectivity index (χ0v) is 25.0. The third-order valence-electron chi connectivity index (χ3n) is 7.52. The summed E-state index contributed by atoms with van der Waals surface area (Å²) in [5.41, 5.74) is 19.7. The van der Waals surface area contributed by atoms with E-state index in [0.29, 0.717) is 38.8 Å². The lowest BCUT2D eigenvalue weighted by Crippen LogP contribution is -2.57. The van der Waals surface area contributed by atoms with Crippen molar-refractivity contribution in [2.75, 3.05) is 13.1 Å². The van der Waals surface area contributed by atoms with Crippen LogP contribution in [-0.2, 0) is 32.0 Å². The molecule has 3 aromatic rings. The summed E-state index contributed by atoms with van der Waals surface area (Å²) in [5, 5.41) is 18.9. The van der Waals surface area contributed by atoms with Gasteiger partial charge in [-0.25, -0.2) is 4.79 Å². The minimum atomic E-state index is -1.23. The zero-order chi connectivity index (χ0) is 31.9. The molecule has 4 atom stereocenters. The van der Waals surface area contributed by atoms with E-state index in [2.05, 4.69) is 20.9 Å². The van der Waals surface area contributed by atoms with E-state index in [4.69, 9.17) is 17.2 Å². The summed E-state index contributed by atoms with van der Waals surface area (Å²) >= 11 is 0. The van der Waals surface area contributed by atoms with Crippen molar-refractivity contribution >= 4 is 34.6 Å². The highest BCUT2D eigenvalue weighted by molar-refractivity contribution is 5.94. The minimum Gasteiger partial charge on any atom is -0.480 e. The average Bonchev–Trinajstić information content (AvgIpc) is 3.43. The molecule has 0 saturated heterocycles. The number of aliphatic carboxylic acids is 1. The van der Waals surface area contributed by atoms with E-state index >= 15 is 0 Å². The molecule has 3 rings (SSSR count). The predicted molar refractivity (Wildman–Crippen MR) is 169 cm³/mol. The molecule has 2 aromatic carbocycles. The van der Waals surface area contributed by atoms with Crippen molar-refractivity contribution in [2.24, 2.45) is 17.2 Å². The van der Waals surface area contributed by atoms with E-state index in [1.54, 1.807) is 6.20 Å². The number of nitrogens with two attached hydrogens (primary N) is 3. The summed E-state index contributed by atoms with van der Waals surface area (Å²) in [7, 11) is 0. The van der Waals surface area contributed by atoms with E-state index in [9.17, 15) is 24.3 Å². The van der Waals surface area contributed by atoms with Crippen molar-refractivity contribution in [3.63, 3.8) is 0 Å². The zero-order valence-electron chi connectivity index (χ0n) is 25.0. The van der Waals surface area contributed by atoms with Crippen molar-refractivity contribution in [2.45, 2.75) is 75.5 Å². The highest BCUT2D eigenvalue weighted by atomic mass is 16.4. The second-order valence-electron chi connectivity index (χ2n) is 11.0. The first-order valence-electron chi connectivity index (χ1n) is 15.1. The number of rotatable bonds is 19. The largest absolute Gasteiger partial charge is 0.480 e. The Kier molecular flexibility index (Phi) is 13.8. The Hall–Kier alpha value is -4.26. The van der Waals surface area contributed by atoms with Crippen LogP contribution in [0, 0.1) is 0 Å². The molecular formula is C32H45N7O5. The number of unbranched alkanes of at least 4 members (excludes halogenated alkanes) is 2. The summed E-state index contributed by atoms with van der Waals surface area (Å²) in [4.78, 5) is 55.4. The number of hydrogen-bond donors (Lipinski definition) is 8. The van der Waals surface area contributed by atoms with Gasteiger partial charge >= 0.3 is 5.97 Å². The van der Waals surface area contributed by atoms with Gasteiger partial charge in [-0.05, 0) is 62.4 Å². The summed E-state index contributed by atoms with van der Waals surface area (Å²) < 4.78 is 0. The first-order valence-corrected chi connectivity index (χ1v) is 15.1. The lowest BCUT2D eigenvalue weighted by molar-refractivity contribution is -0.142. The number of carbonyl (C=O) groups excluding carboxylic acids is 3. The number of carboxylic acid groups (broad SMARTS) is 1. The van der Waals surface area contributed by atoms with Crippen LogP contribution in [-0.4, -0.2) is 71.0 Å². The van der Waals surface area contributed by atoms with Crippen LogP contribution in [0.25, 0.3) is 10.9 Å². The third-order valence-corrected chi connectivity index (χ3v) is 7.52. The molecule has 12 heteroatoms. The van der Waals surface area contributed by atoms with Gasteiger partial charge in [0, 0.05) is 29.9 Å². The number of nitrogens with one attached hydrogen (secondary N) is 4. The highest BCUT2D eigenvalue weighted by Crippen LogP contribution is 2.19. The fourth-order valence-electron chi connectivity index (χ4n) is 5.00. The number of fused-ring (bicyclic) bond motifs is 1. The maximum absolute atomic E-state index is 13.6. The minimum absolute atomic E-state index is 0.0449. The number of benzene rings is 2. The molecule has 0 aliphatic heterocycles. The second kappa shape index (κ2) is 17.8. The van der Waals surface area contributed by atoms with Crippen LogP contribution in [0.1, 0.15) is 49.7 Å². The summed E-state index contributed by atoms with van der Waals surface area (Å²) in [6.45, 7) is 0.890. The van der Waals surface area contributed by atoms with Gasteiger partial charge in [0.15, 0.2) is 0 Å². The van der Waals surface area contributed by atoms with Crippen molar-refractivity contribution in [3.8, 4) is 0 Å². The van der Waals surface area contributed by atoms with Crippen LogP contribution in [0.5, 0.6) is 0 Å². The SMILES string of the molecule is NCCCCC(N)C(=O)NC(Cc1ccccc1)C(=O)NC(CCCCN)C(=O)NC(Cc1c[nH]c2ccccc12)C(=O)O. The first kappa shape index (κ1) is 34.2. The first-order chi connectivity index (χ1) is 21.2. The van der Waals surface area contributed by atoms with Gasteiger partial charge in [0.2, 0.25) is 17.7 Å². The molecule has 0 fully saturated rings. The van der Waals surface area contributed by atoms with E-state index < -0.39 is 47.9 Å². The molecule has 0 aliphatic carbocycles. The molecular weight excluding hydrogens is 562 g/mol. The van der Waals surface area contributed by atoms with Crippen LogP contribution >= 0.6 is 0 Å². The van der Waals surface area contributed by atoms with Gasteiger partial charge in [-0.2, -0.15) is 0 Å². The maximum Gasteiger partial charge on any atom is 0.326 e. The standard InChI is InChI=1S/C32H45N7O5/c33-16-8-6-13-24(35)29(40)38-27(18-21-10-2-1-3-11-21)31(42)37-26(15-7-9-17-34)30(41)39-28(32(43)44)19-22-20-36-25-14-5-4-12-23(22)25/h1-5,10-12,14,20,24,26-28,36H,6-9,13,15-19,33-35H2,(H,37,42)(H,38,40)(H,39,41)(H,43,44). The molecule has 11 N–H and O–H groups in total. The highest BCUT2D eigenvalue weighted by Gasteiger charge is 2.30. The molecule has 12 nitrogen and oxygen atoms in total. The van der Waals surface area contributed by atoms with Gasteiger partial charge in [-0.1, -0.05) is 55.0 Å². The summed E-state index contributed by atoms with van der Waals surface area (Å²) in [5.74, 6) is -2.89. The molecule has 0 radical (unpaired) electrons. The van der Waals surface area contributed by atoms with Crippen molar-refractivity contribution in [1.82, 2.24) is 20.9 Å². The van der Waals surface area contributed by atoms with Gasteiger partial charge < -0.3 is 43.2 Å². The molecule has 1 aromatic heterocycles. The molecule has 44 heavy (non-hydrogen) atoms. The van der Waals surface area contributed by atoms with Crippen LogP contribution in [0.3, 0.4) is 0 Å². The molecule has 0 saturated carbocycles. The molecule has 0 spiro atoms. The molecule has 238 valence electrons. The fraction of sp³-hybridized carbons (Fsp3) is 0.438. The van der Waals surface area contributed by atoms with Gasteiger partial charge in [0.25, 0.3) is 0 Å². The van der Waals surface area contributed by atoms with Gasteiger partial charge in [0.05, 0.1) is 6.04 Å². The normalized spacial score (nSPS) is 13.9. The number of hydrogen-bond acceptors (Lipinski definition) is 7. The van der Waals surface area contributed by atoms with Gasteiger partial charge in [-0.15, -0.1) is 0 Å². The Balaban J connectivity index is 1.76. The number of para-hydroxylation sites is 1. The monoisotopic (exact) mass is 607 g/mol. The number of aromatic nitrogens is 1. The number of amides is 3. The van der Waals surface area contributed by atoms with E-state index in [-0.39, 0.29) is 19.3 Å². The lowest BCUT2D eigenvalue weighted by Gasteiger charge is -2.25. The van der Waals surface area contributed by atoms with Crippen molar-refractivity contribution in [3.05, 3.63) is 71.9 Å². The van der Waals surface area contributed by atoms with Crippen LogP contribution in [0.15, 0.2) is 60.8 Å². The van der Waals surface area contributed by atoms with Crippen molar-refractivity contribution < 1.29 is 24.3 Å². The Morgan fingerprint density at radius 3 is 1.98 bits per heavy atom. The quantitative estimate of drug-likeness (QED) is 0.0920. The van der Waals surface area contributed by atoms with E-state index in [1.807, 2.05) is 54.6 Å². The van der Waals surface area contributed by atoms with Crippen LogP contribution in [0.4, 0.5) is 0 Å². The molecule has 4 unspecified atom stereocenters.